The lowest BCUT2D eigenvalue weighted by Gasteiger charge is -2.41. The minimum atomic E-state index is -3.98. The number of aliphatic hydroxyl groups excluding tert-OH is 4. The second kappa shape index (κ2) is 11.6. The fraction of sp³-hybridized carbons (Fsp3) is 1.00. The number of ether oxygens (including phenoxy) is 1. The second-order valence-electron chi connectivity index (χ2n) is 7.62. The molecule has 2 aliphatic rings. The minimum Gasteiger partial charge on any atom is -0.395 e. The summed E-state index contributed by atoms with van der Waals surface area (Å²) in [5.41, 5.74) is -0.831. The highest BCUT2D eigenvalue weighted by Gasteiger charge is 2.47. The highest BCUT2D eigenvalue weighted by molar-refractivity contribution is 8.00. The van der Waals surface area contributed by atoms with Gasteiger partial charge in [-0.25, -0.2) is 0 Å². The molecule has 0 amide bonds. The maximum atomic E-state index is 12.5. The van der Waals surface area contributed by atoms with Gasteiger partial charge in [0, 0.05) is 44.5 Å². The lowest BCUT2D eigenvalue weighted by Crippen LogP contribution is -2.59. The molecule has 0 aliphatic carbocycles. The van der Waals surface area contributed by atoms with Crippen molar-refractivity contribution in [1.29, 1.82) is 0 Å². The number of thioether (sulfide) groups is 1. The molecule has 0 bridgehead atoms. The quantitative estimate of drug-likeness (QED) is 0.267. The van der Waals surface area contributed by atoms with Crippen LogP contribution in [0.5, 0.6) is 0 Å². The van der Waals surface area contributed by atoms with E-state index in [2.05, 4.69) is 4.90 Å². The molecule has 29 heavy (non-hydrogen) atoms. The molecule has 0 aromatic carbocycles. The van der Waals surface area contributed by atoms with Crippen LogP contribution in [0.15, 0.2) is 0 Å². The third-order valence-electron chi connectivity index (χ3n) is 5.03. The summed E-state index contributed by atoms with van der Waals surface area (Å²) in [7, 11) is -3.98. The number of aliphatic hydroxyl groups is 4. The average Bonchev–Trinajstić information content (AvgIpc) is 2.67. The van der Waals surface area contributed by atoms with E-state index in [1.165, 1.54) is 11.8 Å². The number of hydrogen-bond donors (Lipinski definition) is 4. The molecule has 0 unspecified atom stereocenters. The summed E-state index contributed by atoms with van der Waals surface area (Å²) in [5, 5.41) is 38.9. The summed E-state index contributed by atoms with van der Waals surface area (Å²) in [5.74, 6) is -0.241. The molecule has 12 heteroatoms. The predicted octanol–water partition coefficient (Wildman–Crippen LogP) is -2.11. The molecule has 0 aromatic heterocycles. The van der Waals surface area contributed by atoms with Gasteiger partial charge in [0.2, 0.25) is 0 Å². The summed E-state index contributed by atoms with van der Waals surface area (Å²) < 4.78 is 36.0. The first-order chi connectivity index (χ1) is 13.7. The SMILES string of the molecule is CC(C)S[C@@H]1O[C@H](CO)[C@H](O)[C@H](O)[C@H]1OS(=O)(=O)CCN1CCN(CCO)CC1. The van der Waals surface area contributed by atoms with Crippen molar-refractivity contribution in [2.24, 2.45) is 0 Å². The molecule has 0 saturated carbocycles. The van der Waals surface area contributed by atoms with Gasteiger partial charge in [0.15, 0.2) is 0 Å². The lowest BCUT2D eigenvalue weighted by molar-refractivity contribution is -0.198. The normalized spacial score (nSPS) is 32.7. The molecular formula is C17H34N2O8S2. The Morgan fingerprint density at radius 2 is 1.66 bits per heavy atom. The molecule has 2 heterocycles. The summed E-state index contributed by atoms with van der Waals surface area (Å²) in [6.07, 6.45) is -5.19. The van der Waals surface area contributed by atoms with E-state index in [9.17, 15) is 23.7 Å². The van der Waals surface area contributed by atoms with Crippen molar-refractivity contribution in [2.75, 3.05) is 58.2 Å². The largest absolute Gasteiger partial charge is 0.395 e. The Morgan fingerprint density at radius 3 is 2.17 bits per heavy atom. The van der Waals surface area contributed by atoms with E-state index in [0.717, 1.165) is 13.1 Å². The molecule has 5 atom stereocenters. The van der Waals surface area contributed by atoms with E-state index in [1.54, 1.807) is 0 Å². The van der Waals surface area contributed by atoms with Gasteiger partial charge in [-0.1, -0.05) is 13.8 Å². The second-order valence-corrected chi connectivity index (χ2v) is 11.0. The van der Waals surface area contributed by atoms with E-state index in [-0.39, 0.29) is 17.6 Å². The van der Waals surface area contributed by atoms with E-state index < -0.39 is 46.6 Å². The Hall–Kier alpha value is -0.0200. The van der Waals surface area contributed by atoms with Crippen molar-refractivity contribution in [3.63, 3.8) is 0 Å². The third-order valence-corrected chi connectivity index (χ3v) is 7.42. The van der Waals surface area contributed by atoms with Gasteiger partial charge in [-0.3, -0.25) is 14.0 Å². The Labute approximate surface area is 176 Å². The van der Waals surface area contributed by atoms with Crippen LogP contribution in [-0.2, 0) is 19.0 Å². The number of nitrogens with zero attached hydrogens (tertiary/aromatic N) is 2. The van der Waals surface area contributed by atoms with Crippen molar-refractivity contribution in [3.8, 4) is 0 Å². The van der Waals surface area contributed by atoms with Gasteiger partial charge in [-0.15, -0.1) is 11.8 Å². The van der Waals surface area contributed by atoms with E-state index >= 15 is 0 Å². The van der Waals surface area contributed by atoms with Crippen molar-refractivity contribution in [3.05, 3.63) is 0 Å². The molecule has 0 aromatic rings. The fourth-order valence-corrected chi connectivity index (χ4v) is 5.69. The van der Waals surface area contributed by atoms with Crippen LogP contribution in [0.1, 0.15) is 13.8 Å². The van der Waals surface area contributed by atoms with E-state index in [0.29, 0.717) is 26.2 Å². The van der Waals surface area contributed by atoms with Crippen LogP contribution in [0, 0.1) is 0 Å². The third kappa shape index (κ3) is 7.56. The maximum Gasteiger partial charge on any atom is 0.269 e. The van der Waals surface area contributed by atoms with Crippen LogP contribution in [0.25, 0.3) is 0 Å². The van der Waals surface area contributed by atoms with Gasteiger partial charge in [0.05, 0.1) is 19.0 Å². The first kappa shape index (κ1) is 25.2. The van der Waals surface area contributed by atoms with Crippen molar-refractivity contribution >= 4 is 21.9 Å². The van der Waals surface area contributed by atoms with Crippen LogP contribution in [0.2, 0.25) is 0 Å². The number of piperazine rings is 1. The Morgan fingerprint density at radius 1 is 1.07 bits per heavy atom. The molecule has 172 valence electrons. The molecule has 2 fully saturated rings. The first-order valence-corrected chi connectivity index (χ1v) is 12.4. The Balaban J connectivity index is 1.93. The molecular weight excluding hydrogens is 424 g/mol. The molecule has 10 nitrogen and oxygen atoms in total. The molecule has 2 aliphatic heterocycles. The predicted molar refractivity (Wildman–Crippen MR) is 109 cm³/mol. The van der Waals surface area contributed by atoms with Crippen molar-refractivity contribution < 1.29 is 37.8 Å². The van der Waals surface area contributed by atoms with Gasteiger partial charge in [-0.2, -0.15) is 8.42 Å². The zero-order valence-corrected chi connectivity index (χ0v) is 18.6. The molecule has 0 spiro atoms. The summed E-state index contributed by atoms with van der Waals surface area (Å²) >= 11 is 1.27. The van der Waals surface area contributed by atoms with Crippen molar-refractivity contribution in [2.45, 2.75) is 48.9 Å². The van der Waals surface area contributed by atoms with Crippen LogP contribution in [0.3, 0.4) is 0 Å². The summed E-state index contributed by atoms with van der Waals surface area (Å²) in [6, 6.07) is 0. The molecule has 0 radical (unpaired) electrons. The maximum absolute atomic E-state index is 12.5. The van der Waals surface area contributed by atoms with Crippen LogP contribution < -0.4 is 0 Å². The number of hydrogen-bond acceptors (Lipinski definition) is 11. The monoisotopic (exact) mass is 458 g/mol. The van der Waals surface area contributed by atoms with Gasteiger partial charge in [0.1, 0.15) is 29.9 Å². The first-order valence-electron chi connectivity index (χ1n) is 9.91. The minimum absolute atomic E-state index is 0.0609. The molecule has 2 saturated heterocycles. The molecule has 2 rings (SSSR count). The Kier molecular flexibility index (Phi) is 10.1. The zero-order chi connectivity index (χ0) is 21.6. The van der Waals surface area contributed by atoms with Crippen molar-refractivity contribution in [1.82, 2.24) is 9.80 Å². The van der Waals surface area contributed by atoms with Gasteiger partial charge in [-0.05, 0) is 0 Å². The van der Waals surface area contributed by atoms with Gasteiger partial charge < -0.3 is 25.2 Å². The van der Waals surface area contributed by atoms with E-state index in [4.69, 9.17) is 14.0 Å². The Bertz CT molecular complexity index is 586. The van der Waals surface area contributed by atoms with Gasteiger partial charge in [0.25, 0.3) is 10.1 Å². The lowest BCUT2D eigenvalue weighted by atomic mass is 10.0. The van der Waals surface area contributed by atoms with Crippen LogP contribution in [0.4, 0.5) is 0 Å². The number of β-amino-alcohol motifs (C(OH)–C–C–N with tert-alkyl or cyclic N) is 1. The highest BCUT2D eigenvalue weighted by atomic mass is 32.2. The smallest absolute Gasteiger partial charge is 0.269 e. The fourth-order valence-electron chi connectivity index (χ4n) is 3.37. The van der Waals surface area contributed by atoms with Crippen LogP contribution in [-0.4, -0.2) is 132 Å². The number of rotatable bonds is 10. The standard InChI is InChI=1S/C17H34N2O8S2/c1-12(2)28-17-16(15(23)14(22)13(11-21)26-17)27-29(24,25)10-8-19-5-3-18(4-6-19)7-9-20/h12-17,20-23H,3-11H2,1-2H3/t13-,14+,15+,16-,17+/m1/s1. The van der Waals surface area contributed by atoms with E-state index in [1.807, 2.05) is 18.7 Å². The highest BCUT2D eigenvalue weighted by Crippen LogP contribution is 2.33. The van der Waals surface area contributed by atoms with Crippen LogP contribution >= 0.6 is 11.8 Å². The summed E-state index contributed by atoms with van der Waals surface area (Å²) in [4.78, 5) is 4.13. The summed E-state index contributed by atoms with van der Waals surface area (Å²) in [6.45, 7) is 7.23. The topological polar surface area (TPSA) is 140 Å². The average molecular weight is 459 g/mol. The zero-order valence-electron chi connectivity index (χ0n) is 17.0. The molecule has 4 N–H and O–H groups in total. The van der Waals surface area contributed by atoms with Gasteiger partial charge >= 0.3 is 0 Å².